The molecule has 1 aliphatic carbocycles. The Bertz CT molecular complexity index is 645. The average Bonchev–Trinajstić information content (AvgIpc) is 2.88. The van der Waals surface area contributed by atoms with Gasteiger partial charge in [-0.2, -0.15) is 5.26 Å². The number of hydrogen-bond donors (Lipinski definition) is 0. The molecule has 0 aromatic heterocycles. The molecule has 0 heterocycles. The van der Waals surface area contributed by atoms with Gasteiger partial charge in [-0.05, 0) is 23.0 Å². The molecule has 0 aliphatic heterocycles. The van der Waals surface area contributed by atoms with Gasteiger partial charge >= 0.3 is 5.97 Å². The summed E-state index contributed by atoms with van der Waals surface area (Å²) in [7, 11) is 0. The van der Waals surface area contributed by atoms with Crippen molar-refractivity contribution < 1.29 is 14.3 Å². The summed E-state index contributed by atoms with van der Waals surface area (Å²) in [4.78, 5) is 12.2. The Morgan fingerprint density at radius 2 is 1.77 bits per heavy atom. The van der Waals surface area contributed by atoms with E-state index in [-0.39, 0.29) is 22.7 Å². The van der Waals surface area contributed by atoms with E-state index < -0.39 is 6.10 Å². The van der Waals surface area contributed by atoms with Crippen LogP contribution in [0.2, 0.25) is 0 Å². The minimum absolute atomic E-state index is 0.127. The van der Waals surface area contributed by atoms with Gasteiger partial charge in [0.15, 0.2) is 0 Å². The molecule has 1 atom stereocenters. The highest BCUT2D eigenvalue weighted by Gasteiger charge is 2.69. The van der Waals surface area contributed by atoms with Gasteiger partial charge < -0.3 is 9.47 Å². The predicted molar refractivity (Wildman–Crippen MR) is 81.4 cm³/mol. The molecule has 1 unspecified atom stereocenters. The van der Waals surface area contributed by atoms with Gasteiger partial charge in [0.2, 0.25) is 0 Å². The zero-order valence-electron chi connectivity index (χ0n) is 13.2. The highest BCUT2D eigenvalue weighted by Crippen LogP contribution is 2.68. The molecule has 1 aromatic rings. The number of hydrogen-bond acceptors (Lipinski definition) is 4. The Labute approximate surface area is 131 Å². The van der Waals surface area contributed by atoms with Crippen molar-refractivity contribution in [1.29, 1.82) is 5.26 Å². The zero-order valence-corrected chi connectivity index (χ0v) is 13.2. The molecule has 0 bridgehead atoms. The molecule has 0 N–H and O–H groups in total. The molecule has 0 saturated heterocycles. The summed E-state index contributed by atoms with van der Waals surface area (Å²) < 4.78 is 10.4. The molecule has 22 heavy (non-hydrogen) atoms. The maximum atomic E-state index is 12.2. The van der Waals surface area contributed by atoms with Gasteiger partial charge in [-0.3, -0.25) is 4.79 Å². The molecular formula is C18H19NO3. The van der Waals surface area contributed by atoms with Crippen LogP contribution >= 0.6 is 0 Å². The lowest BCUT2D eigenvalue weighted by molar-refractivity contribution is -0.147. The average molecular weight is 297 g/mol. The second-order valence-electron chi connectivity index (χ2n) is 6.48. The Morgan fingerprint density at radius 1 is 1.18 bits per heavy atom. The summed E-state index contributed by atoms with van der Waals surface area (Å²) >= 11 is 0. The van der Waals surface area contributed by atoms with Crippen LogP contribution in [0.1, 0.15) is 27.7 Å². The highest BCUT2D eigenvalue weighted by atomic mass is 16.5. The maximum absolute atomic E-state index is 12.2. The molecule has 0 spiro atoms. The Hall–Kier alpha value is -2.46. The van der Waals surface area contributed by atoms with E-state index in [4.69, 9.17) is 14.7 Å². The standard InChI is InChI=1S/C18H19NO3/c1-17(2)15(18(17,3)4)16(20)22-14(12-19)10-11-21-13-8-6-5-7-9-13/h5-9,14-15H,1-4H3. The molecule has 0 radical (unpaired) electrons. The fourth-order valence-electron chi connectivity index (χ4n) is 2.69. The quantitative estimate of drug-likeness (QED) is 0.635. The van der Waals surface area contributed by atoms with E-state index in [1.807, 2.05) is 52.0 Å². The first-order valence-corrected chi connectivity index (χ1v) is 7.13. The molecule has 1 fully saturated rings. The van der Waals surface area contributed by atoms with Crippen molar-refractivity contribution in [3.63, 3.8) is 0 Å². The minimum Gasteiger partial charge on any atom is -0.434 e. The van der Waals surface area contributed by atoms with Crippen LogP contribution in [0.25, 0.3) is 0 Å². The monoisotopic (exact) mass is 297 g/mol. The van der Waals surface area contributed by atoms with Crippen LogP contribution in [0.5, 0.6) is 5.75 Å². The van der Waals surface area contributed by atoms with Gasteiger partial charge in [0.1, 0.15) is 17.9 Å². The fourth-order valence-corrected chi connectivity index (χ4v) is 2.69. The van der Waals surface area contributed by atoms with Gasteiger partial charge in [-0.1, -0.05) is 45.9 Å². The first kappa shape index (κ1) is 15.9. The van der Waals surface area contributed by atoms with Crippen molar-refractivity contribution in [2.75, 3.05) is 0 Å². The number of nitriles is 1. The van der Waals surface area contributed by atoms with Crippen molar-refractivity contribution in [2.24, 2.45) is 16.7 Å². The lowest BCUT2D eigenvalue weighted by atomic mass is 10.0. The first-order chi connectivity index (χ1) is 10.3. The van der Waals surface area contributed by atoms with Gasteiger partial charge in [0, 0.05) is 5.92 Å². The van der Waals surface area contributed by atoms with E-state index in [2.05, 4.69) is 12.0 Å². The third kappa shape index (κ3) is 2.92. The first-order valence-electron chi connectivity index (χ1n) is 7.13. The molecular weight excluding hydrogens is 278 g/mol. The maximum Gasteiger partial charge on any atom is 0.312 e. The summed E-state index contributed by atoms with van der Waals surface area (Å²) in [6, 6.07) is 10.8. The second-order valence-corrected chi connectivity index (χ2v) is 6.48. The normalized spacial score (nSPS) is 19.0. The molecule has 1 saturated carbocycles. The number of rotatable bonds is 3. The number of carbonyl (C=O) groups excluding carboxylic acids is 1. The summed E-state index contributed by atoms with van der Waals surface area (Å²) in [6.07, 6.45) is 1.29. The summed E-state index contributed by atoms with van der Waals surface area (Å²) in [5.74, 6) is 2.49. The van der Waals surface area contributed by atoms with E-state index in [1.54, 1.807) is 12.1 Å². The number of esters is 1. The SMILES string of the molecule is CC1(C)C(C(=O)OC(C#N)C#COc2ccccc2)C1(C)C. The Balaban J connectivity index is 1.94. The second kappa shape index (κ2) is 5.73. The van der Waals surface area contributed by atoms with E-state index >= 15 is 0 Å². The summed E-state index contributed by atoms with van der Waals surface area (Å²) in [5, 5.41) is 9.05. The lowest BCUT2D eigenvalue weighted by Gasteiger charge is -2.06. The number of nitrogens with zero attached hydrogens (tertiary/aromatic N) is 1. The van der Waals surface area contributed by atoms with Crippen molar-refractivity contribution in [1.82, 2.24) is 0 Å². The largest absolute Gasteiger partial charge is 0.434 e. The highest BCUT2D eigenvalue weighted by molar-refractivity contribution is 5.79. The van der Waals surface area contributed by atoms with Crippen LogP contribution in [-0.2, 0) is 9.53 Å². The van der Waals surface area contributed by atoms with E-state index in [1.165, 1.54) is 0 Å². The topological polar surface area (TPSA) is 59.3 Å². The molecule has 114 valence electrons. The van der Waals surface area contributed by atoms with Gasteiger partial charge in [0.25, 0.3) is 6.10 Å². The third-order valence-corrected chi connectivity index (χ3v) is 4.71. The number of para-hydroxylation sites is 1. The van der Waals surface area contributed by atoms with Gasteiger partial charge in [-0.15, -0.1) is 0 Å². The Kier molecular flexibility index (Phi) is 4.15. The zero-order chi connectivity index (χ0) is 16.4. The molecule has 4 nitrogen and oxygen atoms in total. The molecule has 1 aromatic carbocycles. The predicted octanol–water partition coefficient (Wildman–Crippen LogP) is 3.14. The number of ether oxygens (including phenoxy) is 2. The van der Waals surface area contributed by atoms with Crippen LogP contribution in [-0.4, -0.2) is 12.1 Å². The van der Waals surface area contributed by atoms with Crippen molar-refractivity contribution in [3.05, 3.63) is 30.3 Å². The molecule has 0 amide bonds. The smallest absolute Gasteiger partial charge is 0.312 e. The van der Waals surface area contributed by atoms with Gasteiger partial charge in [-0.25, -0.2) is 0 Å². The van der Waals surface area contributed by atoms with Crippen LogP contribution in [0.15, 0.2) is 30.3 Å². The van der Waals surface area contributed by atoms with Crippen molar-refractivity contribution >= 4 is 5.97 Å². The van der Waals surface area contributed by atoms with Crippen LogP contribution in [0.3, 0.4) is 0 Å². The summed E-state index contributed by atoms with van der Waals surface area (Å²) in [6.45, 7) is 8.07. The summed E-state index contributed by atoms with van der Waals surface area (Å²) in [5.41, 5.74) is -0.254. The van der Waals surface area contributed by atoms with E-state index in [9.17, 15) is 4.79 Å². The van der Waals surface area contributed by atoms with Crippen molar-refractivity contribution in [3.8, 4) is 23.8 Å². The van der Waals surface area contributed by atoms with Crippen LogP contribution in [0.4, 0.5) is 0 Å². The molecule has 2 rings (SSSR count). The van der Waals surface area contributed by atoms with Gasteiger partial charge in [0.05, 0.1) is 5.92 Å². The minimum atomic E-state index is -1.12. The number of carbonyl (C=O) groups is 1. The lowest BCUT2D eigenvalue weighted by Crippen LogP contribution is -2.19. The van der Waals surface area contributed by atoms with Crippen molar-refractivity contribution in [2.45, 2.75) is 33.8 Å². The van der Waals surface area contributed by atoms with Crippen LogP contribution < -0.4 is 4.74 Å². The fraction of sp³-hybridized carbons (Fsp3) is 0.444. The van der Waals surface area contributed by atoms with Crippen LogP contribution in [0, 0.1) is 40.1 Å². The molecule has 4 heteroatoms. The van der Waals surface area contributed by atoms with E-state index in [0.29, 0.717) is 5.75 Å². The van der Waals surface area contributed by atoms with E-state index in [0.717, 1.165) is 0 Å². The number of benzene rings is 1. The Morgan fingerprint density at radius 3 is 2.27 bits per heavy atom. The molecule has 1 aliphatic rings. The third-order valence-electron chi connectivity index (χ3n) is 4.71.